The first-order chi connectivity index (χ1) is 11.0. The van der Waals surface area contributed by atoms with E-state index < -0.39 is 5.92 Å². The van der Waals surface area contributed by atoms with E-state index in [-0.39, 0.29) is 23.2 Å². The SMILES string of the molecule is CSc1nc(N)c2c(n1)OC(N)=C(C#N)[C@H]2c1cccc(Cl)c1. The molecule has 2 aromatic rings. The molecule has 1 aromatic heterocycles. The highest BCUT2D eigenvalue weighted by Gasteiger charge is 2.34. The Hall–Kier alpha value is -2.43. The van der Waals surface area contributed by atoms with Gasteiger partial charge in [-0.25, -0.2) is 4.98 Å². The number of hydrogen-bond donors (Lipinski definition) is 2. The van der Waals surface area contributed by atoms with Crippen LogP contribution in [0, 0.1) is 11.3 Å². The molecule has 0 fully saturated rings. The van der Waals surface area contributed by atoms with Crippen molar-refractivity contribution in [3.8, 4) is 11.9 Å². The van der Waals surface area contributed by atoms with Crippen LogP contribution in [0.1, 0.15) is 17.0 Å². The van der Waals surface area contributed by atoms with Crippen LogP contribution in [0.5, 0.6) is 5.88 Å². The van der Waals surface area contributed by atoms with Crippen LogP contribution in [0.4, 0.5) is 5.82 Å². The molecule has 1 aliphatic rings. The fraction of sp³-hybridized carbons (Fsp3) is 0.133. The lowest BCUT2D eigenvalue weighted by atomic mass is 9.85. The van der Waals surface area contributed by atoms with E-state index >= 15 is 0 Å². The summed E-state index contributed by atoms with van der Waals surface area (Å²) in [6, 6.07) is 9.24. The summed E-state index contributed by atoms with van der Waals surface area (Å²) < 4.78 is 5.50. The maximum atomic E-state index is 9.49. The van der Waals surface area contributed by atoms with Gasteiger partial charge in [-0.1, -0.05) is 35.5 Å². The number of allylic oxidation sites excluding steroid dienone is 1. The lowest BCUT2D eigenvalue weighted by Gasteiger charge is -2.26. The van der Waals surface area contributed by atoms with Gasteiger partial charge in [-0.2, -0.15) is 10.2 Å². The fourth-order valence-electron chi connectivity index (χ4n) is 2.47. The number of nitrogens with two attached hydrogens (primary N) is 2. The Kier molecular flexibility index (Phi) is 4.03. The number of nitrogens with zero attached hydrogens (tertiary/aromatic N) is 3. The largest absolute Gasteiger partial charge is 0.422 e. The number of hydrogen-bond acceptors (Lipinski definition) is 7. The molecule has 0 unspecified atom stereocenters. The van der Waals surface area contributed by atoms with Crippen molar-refractivity contribution in [3.05, 3.63) is 51.9 Å². The number of halogens is 1. The number of aromatic nitrogens is 2. The van der Waals surface area contributed by atoms with E-state index in [4.69, 9.17) is 27.8 Å². The second kappa shape index (κ2) is 5.99. The Labute approximate surface area is 142 Å². The van der Waals surface area contributed by atoms with Crippen LogP contribution in [0.15, 0.2) is 40.9 Å². The maximum Gasteiger partial charge on any atom is 0.231 e. The van der Waals surface area contributed by atoms with Crippen LogP contribution in [-0.2, 0) is 0 Å². The maximum absolute atomic E-state index is 9.49. The molecule has 3 rings (SSSR count). The molecule has 1 aromatic carbocycles. The monoisotopic (exact) mass is 345 g/mol. The van der Waals surface area contributed by atoms with Gasteiger partial charge in [0.2, 0.25) is 11.8 Å². The zero-order chi connectivity index (χ0) is 16.6. The molecule has 0 spiro atoms. The Bertz CT molecular complexity index is 861. The molecule has 0 bridgehead atoms. The number of fused-ring (bicyclic) bond motifs is 1. The number of anilines is 1. The third kappa shape index (κ3) is 2.67. The normalized spacial score (nSPS) is 16.5. The van der Waals surface area contributed by atoms with Gasteiger partial charge in [-0.3, -0.25) is 0 Å². The van der Waals surface area contributed by atoms with Crippen molar-refractivity contribution in [2.24, 2.45) is 5.73 Å². The van der Waals surface area contributed by atoms with E-state index in [2.05, 4.69) is 16.0 Å². The van der Waals surface area contributed by atoms with Crippen molar-refractivity contribution < 1.29 is 4.74 Å². The van der Waals surface area contributed by atoms with Crippen molar-refractivity contribution >= 4 is 29.2 Å². The van der Waals surface area contributed by atoms with Crippen LogP contribution in [0.25, 0.3) is 0 Å². The average Bonchev–Trinajstić information content (AvgIpc) is 2.53. The molecule has 1 aliphatic heterocycles. The van der Waals surface area contributed by atoms with Crippen molar-refractivity contribution in [1.29, 1.82) is 5.26 Å². The van der Waals surface area contributed by atoms with Gasteiger partial charge in [0.25, 0.3) is 0 Å². The Morgan fingerprint density at radius 1 is 1.35 bits per heavy atom. The number of nitrogen functional groups attached to an aromatic ring is 1. The summed E-state index contributed by atoms with van der Waals surface area (Å²) in [5, 5.41) is 10.5. The molecule has 0 saturated carbocycles. The molecule has 0 amide bonds. The molecule has 2 heterocycles. The second-order valence-electron chi connectivity index (χ2n) is 4.79. The van der Waals surface area contributed by atoms with Gasteiger partial charge in [-0.05, 0) is 24.0 Å². The molecule has 0 radical (unpaired) electrons. The first-order valence-electron chi connectivity index (χ1n) is 6.59. The van der Waals surface area contributed by atoms with E-state index in [1.165, 1.54) is 11.8 Å². The van der Waals surface area contributed by atoms with Crippen LogP contribution in [0.3, 0.4) is 0 Å². The zero-order valence-corrected chi connectivity index (χ0v) is 13.6. The Morgan fingerprint density at radius 3 is 2.78 bits per heavy atom. The third-order valence-corrected chi connectivity index (χ3v) is 4.24. The van der Waals surface area contributed by atoms with E-state index in [0.717, 1.165) is 5.56 Å². The molecular formula is C15H12ClN5OS. The van der Waals surface area contributed by atoms with Gasteiger partial charge >= 0.3 is 0 Å². The van der Waals surface area contributed by atoms with Gasteiger partial charge in [0.05, 0.1) is 11.5 Å². The van der Waals surface area contributed by atoms with Crippen LogP contribution < -0.4 is 16.2 Å². The van der Waals surface area contributed by atoms with Crippen LogP contribution in [0.2, 0.25) is 5.02 Å². The van der Waals surface area contributed by atoms with Gasteiger partial charge in [-0.15, -0.1) is 0 Å². The minimum atomic E-state index is -0.515. The second-order valence-corrected chi connectivity index (χ2v) is 6.00. The van der Waals surface area contributed by atoms with Gasteiger partial charge in [0.15, 0.2) is 5.16 Å². The Balaban J connectivity index is 2.27. The molecule has 6 nitrogen and oxygen atoms in total. The summed E-state index contributed by atoms with van der Waals surface area (Å²) >= 11 is 7.42. The lowest BCUT2D eigenvalue weighted by Crippen LogP contribution is -2.23. The molecule has 4 N–H and O–H groups in total. The number of benzene rings is 1. The Morgan fingerprint density at radius 2 is 2.13 bits per heavy atom. The highest BCUT2D eigenvalue weighted by molar-refractivity contribution is 7.98. The van der Waals surface area contributed by atoms with Crippen molar-refractivity contribution in [2.45, 2.75) is 11.1 Å². The van der Waals surface area contributed by atoms with Crippen LogP contribution in [-0.4, -0.2) is 16.2 Å². The lowest BCUT2D eigenvalue weighted by molar-refractivity contribution is 0.373. The minimum absolute atomic E-state index is 0.00938. The standard InChI is InChI=1S/C15H12ClN5OS/c1-23-15-20-12(18)11-10(7-3-2-4-8(16)5-7)9(6-17)13(19)22-14(11)21-15/h2-5,10H,19H2,1H3,(H2,18,20,21)/t10-/m1/s1. The number of rotatable bonds is 2. The van der Waals surface area contributed by atoms with Crippen molar-refractivity contribution in [2.75, 3.05) is 12.0 Å². The predicted molar refractivity (Wildman–Crippen MR) is 89.0 cm³/mol. The average molecular weight is 346 g/mol. The summed E-state index contributed by atoms with van der Waals surface area (Å²) in [6.45, 7) is 0. The number of thioether (sulfide) groups is 1. The molecule has 0 saturated heterocycles. The summed E-state index contributed by atoms with van der Waals surface area (Å²) in [5.41, 5.74) is 13.6. The van der Waals surface area contributed by atoms with E-state index in [1.807, 2.05) is 12.3 Å². The van der Waals surface area contributed by atoms with Crippen molar-refractivity contribution in [3.63, 3.8) is 0 Å². The minimum Gasteiger partial charge on any atom is -0.422 e. The van der Waals surface area contributed by atoms with Gasteiger partial charge in [0.1, 0.15) is 17.5 Å². The first-order valence-corrected chi connectivity index (χ1v) is 8.20. The molecule has 23 heavy (non-hydrogen) atoms. The van der Waals surface area contributed by atoms with Gasteiger partial charge < -0.3 is 16.2 Å². The highest BCUT2D eigenvalue weighted by atomic mass is 35.5. The molecule has 0 aliphatic carbocycles. The predicted octanol–water partition coefficient (Wildman–Crippen LogP) is 2.65. The molecular weight excluding hydrogens is 334 g/mol. The summed E-state index contributed by atoms with van der Waals surface area (Å²) in [6.07, 6.45) is 1.83. The van der Waals surface area contributed by atoms with E-state index in [9.17, 15) is 5.26 Å². The van der Waals surface area contributed by atoms with Crippen LogP contribution >= 0.6 is 23.4 Å². The zero-order valence-electron chi connectivity index (χ0n) is 12.1. The molecule has 1 atom stereocenters. The van der Waals surface area contributed by atoms with Gasteiger partial charge in [0, 0.05) is 5.02 Å². The highest BCUT2D eigenvalue weighted by Crippen LogP contribution is 2.44. The van der Waals surface area contributed by atoms with E-state index in [0.29, 0.717) is 15.7 Å². The summed E-state index contributed by atoms with van der Waals surface area (Å²) in [4.78, 5) is 8.54. The van der Waals surface area contributed by atoms with Crippen molar-refractivity contribution in [1.82, 2.24) is 9.97 Å². The number of ether oxygens (including phenoxy) is 1. The van der Waals surface area contributed by atoms with E-state index in [1.54, 1.807) is 18.2 Å². The third-order valence-electron chi connectivity index (χ3n) is 3.45. The summed E-state index contributed by atoms with van der Waals surface area (Å²) in [7, 11) is 0. The quantitative estimate of drug-likeness (QED) is 0.635. The number of nitriles is 1. The molecule has 8 heteroatoms. The summed E-state index contributed by atoms with van der Waals surface area (Å²) in [5.74, 6) is 0.0152. The first kappa shape index (κ1) is 15.5. The smallest absolute Gasteiger partial charge is 0.231 e. The fourth-order valence-corrected chi connectivity index (χ4v) is 3.03. The topological polar surface area (TPSA) is 111 Å². The molecule has 116 valence electrons.